The summed E-state index contributed by atoms with van der Waals surface area (Å²) in [5, 5.41) is 17.4. The highest BCUT2D eigenvalue weighted by atomic mass is 32.1. The van der Waals surface area contributed by atoms with Crippen LogP contribution in [0.25, 0.3) is 5.65 Å². The van der Waals surface area contributed by atoms with Gasteiger partial charge >= 0.3 is 0 Å². The van der Waals surface area contributed by atoms with E-state index >= 15 is 0 Å². The SMILES string of the molecule is Cc1cc(C)n2ncc(C(=O)Nc3sc4c(c3C#N)CCC(C)C4)c2n1. The number of carbonyl (C=O) groups excluding carboxylic acids is 1. The number of hydrogen-bond acceptors (Lipinski definition) is 5. The average molecular weight is 365 g/mol. The molecule has 7 heteroatoms. The lowest BCUT2D eigenvalue weighted by Crippen LogP contribution is -2.12. The van der Waals surface area contributed by atoms with E-state index in [0.717, 1.165) is 36.2 Å². The van der Waals surface area contributed by atoms with Crippen molar-refractivity contribution in [3.05, 3.63) is 45.2 Å². The number of aryl methyl sites for hydroxylation is 2. The molecule has 0 fully saturated rings. The summed E-state index contributed by atoms with van der Waals surface area (Å²) in [4.78, 5) is 18.5. The van der Waals surface area contributed by atoms with Gasteiger partial charge in [-0.1, -0.05) is 6.92 Å². The lowest BCUT2D eigenvalue weighted by atomic mass is 9.88. The van der Waals surface area contributed by atoms with Gasteiger partial charge in [0.1, 0.15) is 16.6 Å². The molecule has 1 atom stereocenters. The number of aromatic nitrogens is 3. The van der Waals surface area contributed by atoms with Crippen molar-refractivity contribution in [2.45, 2.75) is 40.0 Å². The van der Waals surface area contributed by atoms with E-state index in [1.165, 1.54) is 22.4 Å². The molecule has 0 radical (unpaired) electrons. The van der Waals surface area contributed by atoms with Crippen LogP contribution in [0.4, 0.5) is 5.00 Å². The first-order valence-electron chi connectivity index (χ1n) is 8.66. The first-order chi connectivity index (χ1) is 12.5. The van der Waals surface area contributed by atoms with Gasteiger partial charge in [-0.3, -0.25) is 4.79 Å². The van der Waals surface area contributed by atoms with Gasteiger partial charge < -0.3 is 5.32 Å². The number of anilines is 1. The smallest absolute Gasteiger partial charge is 0.261 e. The van der Waals surface area contributed by atoms with Crippen LogP contribution in [0.5, 0.6) is 0 Å². The van der Waals surface area contributed by atoms with Crippen molar-refractivity contribution in [3.8, 4) is 6.07 Å². The molecule has 0 aliphatic heterocycles. The van der Waals surface area contributed by atoms with Crippen LogP contribution in [0.3, 0.4) is 0 Å². The van der Waals surface area contributed by atoms with Gasteiger partial charge in [-0.25, -0.2) is 9.50 Å². The molecule has 3 aromatic heterocycles. The Morgan fingerprint density at radius 3 is 3.04 bits per heavy atom. The van der Waals surface area contributed by atoms with Gasteiger partial charge in [0, 0.05) is 16.3 Å². The van der Waals surface area contributed by atoms with Crippen LogP contribution in [0.2, 0.25) is 0 Å². The van der Waals surface area contributed by atoms with E-state index in [1.54, 1.807) is 4.52 Å². The van der Waals surface area contributed by atoms with Crippen molar-refractivity contribution in [3.63, 3.8) is 0 Å². The zero-order chi connectivity index (χ0) is 18.4. The minimum Gasteiger partial charge on any atom is -0.312 e. The maximum absolute atomic E-state index is 12.8. The summed E-state index contributed by atoms with van der Waals surface area (Å²) in [5.74, 6) is 0.339. The fourth-order valence-corrected chi connectivity index (χ4v) is 4.91. The number of nitrogens with one attached hydrogen (secondary N) is 1. The fourth-order valence-electron chi connectivity index (χ4n) is 3.56. The quantitative estimate of drug-likeness (QED) is 0.751. The van der Waals surface area contributed by atoms with Crippen LogP contribution >= 0.6 is 11.3 Å². The Balaban J connectivity index is 1.71. The first-order valence-corrected chi connectivity index (χ1v) is 9.47. The predicted molar refractivity (Wildman–Crippen MR) is 101 cm³/mol. The van der Waals surface area contributed by atoms with Gasteiger partial charge in [-0.05, 0) is 50.7 Å². The lowest BCUT2D eigenvalue weighted by molar-refractivity contribution is 0.102. The third-order valence-corrected chi connectivity index (χ3v) is 6.04. The summed E-state index contributed by atoms with van der Waals surface area (Å²) in [6.07, 6.45) is 4.50. The van der Waals surface area contributed by atoms with Crippen LogP contribution < -0.4 is 5.32 Å². The maximum atomic E-state index is 12.8. The van der Waals surface area contributed by atoms with Gasteiger partial charge in [0.05, 0.1) is 11.8 Å². The molecule has 6 nitrogen and oxygen atoms in total. The maximum Gasteiger partial charge on any atom is 0.261 e. The van der Waals surface area contributed by atoms with Gasteiger partial charge in [-0.2, -0.15) is 10.4 Å². The predicted octanol–water partition coefficient (Wildman–Crippen LogP) is 3.66. The Morgan fingerprint density at radius 1 is 1.46 bits per heavy atom. The molecule has 0 saturated heterocycles. The molecule has 1 amide bonds. The Morgan fingerprint density at radius 2 is 2.27 bits per heavy atom. The van der Waals surface area contributed by atoms with E-state index in [4.69, 9.17) is 0 Å². The van der Waals surface area contributed by atoms with Crippen molar-refractivity contribution in [2.24, 2.45) is 5.92 Å². The number of carbonyl (C=O) groups is 1. The number of hydrogen-bond donors (Lipinski definition) is 1. The summed E-state index contributed by atoms with van der Waals surface area (Å²) in [7, 11) is 0. The Hall–Kier alpha value is -2.72. The number of nitrogens with zero attached hydrogens (tertiary/aromatic N) is 4. The van der Waals surface area contributed by atoms with Crippen LogP contribution in [-0.2, 0) is 12.8 Å². The zero-order valence-electron chi connectivity index (χ0n) is 15.0. The molecule has 1 N–H and O–H groups in total. The van der Waals surface area contributed by atoms with Gasteiger partial charge in [0.25, 0.3) is 5.91 Å². The fraction of sp³-hybridized carbons (Fsp3) is 0.368. The van der Waals surface area contributed by atoms with Crippen molar-refractivity contribution in [2.75, 3.05) is 5.32 Å². The molecule has 3 heterocycles. The minimum atomic E-state index is -0.277. The second-order valence-electron chi connectivity index (χ2n) is 6.95. The van der Waals surface area contributed by atoms with Crippen molar-refractivity contribution in [1.82, 2.24) is 14.6 Å². The molecule has 4 rings (SSSR count). The minimum absolute atomic E-state index is 0.277. The lowest BCUT2D eigenvalue weighted by Gasteiger charge is -2.17. The second kappa shape index (κ2) is 6.22. The van der Waals surface area contributed by atoms with Crippen molar-refractivity contribution in [1.29, 1.82) is 5.26 Å². The van der Waals surface area contributed by atoms with Crippen LogP contribution in [-0.4, -0.2) is 20.5 Å². The third kappa shape index (κ3) is 2.67. The highest BCUT2D eigenvalue weighted by molar-refractivity contribution is 7.16. The van der Waals surface area contributed by atoms with Crippen LogP contribution in [0.15, 0.2) is 12.3 Å². The number of amides is 1. The number of rotatable bonds is 2. The van der Waals surface area contributed by atoms with E-state index in [1.807, 2.05) is 19.9 Å². The van der Waals surface area contributed by atoms with Gasteiger partial charge in [-0.15, -0.1) is 11.3 Å². The van der Waals surface area contributed by atoms with Crippen molar-refractivity contribution >= 4 is 27.9 Å². The van der Waals surface area contributed by atoms with E-state index in [9.17, 15) is 10.1 Å². The normalized spacial score (nSPS) is 16.3. The number of thiophene rings is 1. The summed E-state index contributed by atoms with van der Waals surface area (Å²) in [5.41, 5.74) is 4.43. The highest BCUT2D eigenvalue weighted by Gasteiger charge is 2.25. The average Bonchev–Trinajstić information content (AvgIpc) is 3.15. The first kappa shape index (κ1) is 16.7. The number of fused-ring (bicyclic) bond motifs is 2. The molecule has 132 valence electrons. The van der Waals surface area contributed by atoms with Crippen LogP contribution in [0, 0.1) is 31.1 Å². The summed E-state index contributed by atoms with van der Waals surface area (Å²) in [6, 6.07) is 4.20. The third-order valence-electron chi connectivity index (χ3n) is 4.87. The van der Waals surface area contributed by atoms with E-state index in [0.29, 0.717) is 27.7 Å². The second-order valence-corrected chi connectivity index (χ2v) is 8.06. The summed E-state index contributed by atoms with van der Waals surface area (Å²) in [6.45, 7) is 6.05. The van der Waals surface area contributed by atoms with Crippen molar-refractivity contribution < 1.29 is 4.79 Å². The molecule has 1 aliphatic rings. The molecule has 0 saturated carbocycles. The molecule has 26 heavy (non-hydrogen) atoms. The molecular formula is C19H19N5OS. The Bertz CT molecular complexity index is 1070. The van der Waals surface area contributed by atoms with Gasteiger partial charge in [0.2, 0.25) is 0 Å². The number of nitriles is 1. The standard InChI is InChI=1S/C19H19N5OS/c1-10-4-5-13-14(8-20)19(26-16(13)6-10)23-18(25)15-9-21-24-12(3)7-11(2)22-17(15)24/h7,9-10H,4-6H2,1-3H3,(H,23,25). The topological polar surface area (TPSA) is 83.1 Å². The van der Waals surface area contributed by atoms with E-state index in [2.05, 4.69) is 28.4 Å². The Labute approximate surface area is 155 Å². The van der Waals surface area contributed by atoms with Crippen LogP contribution in [0.1, 0.15) is 51.1 Å². The molecule has 1 unspecified atom stereocenters. The molecule has 0 bridgehead atoms. The van der Waals surface area contributed by atoms with Gasteiger partial charge in [0.15, 0.2) is 5.65 Å². The van der Waals surface area contributed by atoms with E-state index < -0.39 is 0 Å². The zero-order valence-corrected chi connectivity index (χ0v) is 15.8. The molecule has 0 aromatic carbocycles. The molecular weight excluding hydrogens is 346 g/mol. The summed E-state index contributed by atoms with van der Waals surface area (Å²) < 4.78 is 1.66. The monoisotopic (exact) mass is 365 g/mol. The Kier molecular flexibility index (Phi) is 4.00. The van der Waals surface area contributed by atoms with E-state index in [-0.39, 0.29) is 5.91 Å². The largest absolute Gasteiger partial charge is 0.312 e. The molecule has 0 spiro atoms. The summed E-state index contributed by atoms with van der Waals surface area (Å²) >= 11 is 1.53. The highest BCUT2D eigenvalue weighted by Crippen LogP contribution is 2.39. The molecule has 1 aliphatic carbocycles. The molecule has 3 aromatic rings.